The number of nitrogens with one attached hydrogen (secondary N) is 1. The molecule has 3 nitrogen and oxygen atoms in total. The number of nitrogens with zero attached hydrogens (tertiary/aromatic N) is 1. The van der Waals surface area contributed by atoms with Crippen molar-refractivity contribution in [1.29, 1.82) is 0 Å². The van der Waals surface area contributed by atoms with E-state index in [1.807, 2.05) is 19.1 Å². The summed E-state index contributed by atoms with van der Waals surface area (Å²) in [5.74, 6) is 0.996. The normalized spacial score (nSPS) is 10.3. The maximum Gasteiger partial charge on any atom is 0.141 e. The molecule has 0 bridgehead atoms. The highest BCUT2D eigenvalue weighted by Crippen LogP contribution is 2.21. The van der Waals surface area contributed by atoms with Crippen LogP contribution in [0.15, 0.2) is 41.0 Å². The van der Waals surface area contributed by atoms with Crippen LogP contribution in [0.2, 0.25) is 0 Å². The lowest BCUT2D eigenvalue weighted by molar-refractivity contribution is 0.304. The van der Waals surface area contributed by atoms with E-state index in [1.54, 1.807) is 18.3 Å². The van der Waals surface area contributed by atoms with E-state index in [2.05, 4.69) is 26.2 Å². The number of anilines is 1. The quantitative estimate of drug-likeness (QED) is 0.902. The molecule has 0 saturated carbocycles. The second-order valence-corrected chi connectivity index (χ2v) is 4.80. The van der Waals surface area contributed by atoms with E-state index in [0.717, 1.165) is 17.9 Å². The standard InChI is InChI=1S/C14H14BrFN2O/c1-2-17-14-6-3-10(8-18-14)9-19-11-4-5-12(15)13(16)7-11/h3-8H,2,9H2,1H3,(H,17,18). The Kier molecular flexibility index (Phi) is 4.74. The summed E-state index contributed by atoms with van der Waals surface area (Å²) in [6.07, 6.45) is 1.74. The smallest absolute Gasteiger partial charge is 0.141 e. The van der Waals surface area contributed by atoms with Crippen molar-refractivity contribution < 1.29 is 9.13 Å². The third kappa shape index (κ3) is 3.92. The molecule has 1 aromatic carbocycles. The molecular formula is C14H14BrFN2O. The van der Waals surface area contributed by atoms with Gasteiger partial charge in [-0.15, -0.1) is 0 Å². The maximum atomic E-state index is 13.3. The molecule has 0 atom stereocenters. The molecule has 0 fully saturated rings. The molecule has 0 aliphatic rings. The topological polar surface area (TPSA) is 34.1 Å². The number of halogens is 2. The highest BCUT2D eigenvalue weighted by molar-refractivity contribution is 9.10. The minimum absolute atomic E-state index is 0.335. The van der Waals surface area contributed by atoms with Crippen molar-refractivity contribution in [2.45, 2.75) is 13.5 Å². The lowest BCUT2D eigenvalue weighted by Gasteiger charge is -2.07. The van der Waals surface area contributed by atoms with E-state index in [9.17, 15) is 4.39 Å². The zero-order valence-corrected chi connectivity index (χ0v) is 12.1. The van der Waals surface area contributed by atoms with Gasteiger partial charge < -0.3 is 10.1 Å². The molecule has 2 rings (SSSR count). The first-order chi connectivity index (χ1) is 9.19. The number of pyridine rings is 1. The Morgan fingerprint density at radius 1 is 1.32 bits per heavy atom. The SMILES string of the molecule is CCNc1ccc(COc2ccc(Br)c(F)c2)cn1. The van der Waals surface area contributed by atoms with Crippen molar-refractivity contribution in [3.8, 4) is 5.75 Å². The lowest BCUT2D eigenvalue weighted by Crippen LogP contribution is -2.01. The van der Waals surface area contributed by atoms with Crippen molar-refractivity contribution >= 4 is 21.7 Å². The van der Waals surface area contributed by atoms with Gasteiger partial charge in [-0.3, -0.25) is 0 Å². The Balaban J connectivity index is 1.96. The summed E-state index contributed by atoms with van der Waals surface area (Å²) in [4.78, 5) is 4.24. The highest BCUT2D eigenvalue weighted by atomic mass is 79.9. The summed E-state index contributed by atoms with van der Waals surface area (Å²) >= 11 is 3.10. The van der Waals surface area contributed by atoms with E-state index in [1.165, 1.54) is 6.07 Å². The number of aromatic nitrogens is 1. The largest absolute Gasteiger partial charge is 0.489 e. The van der Waals surface area contributed by atoms with Gasteiger partial charge in [-0.1, -0.05) is 6.07 Å². The molecular weight excluding hydrogens is 311 g/mol. The Morgan fingerprint density at radius 3 is 2.79 bits per heavy atom. The second-order valence-electron chi connectivity index (χ2n) is 3.95. The van der Waals surface area contributed by atoms with Crippen LogP contribution in [0, 0.1) is 5.82 Å². The molecule has 1 heterocycles. The third-order valence-electron chi connectivity index (χ3n) is 2.48. The zero-order valence-electron chi connectivity index (χ0n) is 10.5. The van der Waals surface area contributed by atoms with Gasteiger partial charge in [0, 0.05) is 24.4 Å². The van der Waals surface area contributed by atoms with Crippen LogP contribution >= 0.6 is 15.9 Å². The van der Waals surface area contributed by atoms with Gasteiger partial charge in [-0.2, -0.15) is 0 Å². The maximum absolute atomic E-state index is 13.3. The molecule has 5 heteroatoms. The van der Waals surface area contributed by atoms with Crippen molar-refractivity contribution in [2.24, 2.45) is 0 Å². The van der Waals surface area contributed by atoms with Crippen LogP contribution in [0.3, 0.4) is 0 Å². The lowest BCUT2D eigenvalue weighted by atomic mass is 10.3. The fourth-order valence-electron chi connectivity index (χ4n) is 1.53. The molecule has 100 valence electrons. The van der Waals surface area contributed by atoms with E-state index >= 15 is 0 Å². The minimum Gasteiger partial charge on any atom is -0.489 e. The monoisotopic (exact) mass is 324 g/mol. The van der Waals surface area contributed by atoms with Crippen LogP contribution < -0.4 is 10.1 Å². The number of rotatable bonds is 5. The number of ether oxygens (including phenoxy) is 1. The molecule has 0 unspecified atom stereocenters. The van der Waals surface area contributed by atoms with E-state index in [4.69, 9.17) is 4.74 Å². The summed E-state index contributed by atoms with van der Waals surface area (Å²) in [6, 6.07) is 8.51. The van der Waals surface area contributed by atoms with Crippen molar-refractivity contribution in [1.82, 2.24) is 4.98 Å². The van der Waals surface area contributed by atoms with E-state index in [0.29, 0.717) is 16.8 Å². The van der Waals surface area contributed by atoms with Gasteiger partial charge in [-0.25, -0.2) is 9.37 Å². The van der Waals surface area contributed by atoms with Crippen LogP contribution in [0.1, 0.15) is 12.5 Å². The van der Waals surface area contributed by atoms with E-state index < -0.39 is 0 Å². The first-order valence-electron chi connectivity index (χ1n) is 5.95. The highest BCUT2D eigenvalue weighted by Gasteiger charge is 2.02. The summed E-state index contributed by atoms with van der Waals surface area (Å²) < 4.78 is 19.2. The van der Waals surface area contributed by atoms with Crippen LogP contribution in [-0.2, 0) is 6.61 Å². The summed E-state index contributed by atoms with van der Waals surface area (Å²) in [6.45, 7) is 3.21. The molecule has 19 heavy (non-hydrogen) atoms. The van der Waals surface area contributed by atoms with Gasteiger partial charge in [0.2, 0.25) is 0 Å². The molecule has 0 amide bonds. The molecule has 0 aliphatic carbocycles. The first-order valence-corrected chi connectivity index (χ1v) is 6.75. The Labute approximate surface area is 119 Å². The van der Waals surface area contributed by atoms with Crippen molar-refractivity contribution in [3.05, 3.63) is 52.4 Å². The number of hydrogen-bond acceptors (Lipinski definition) is 3. The second kappa shape index (κ2) is 6.52. The van der Waals surface area contributed by atoms with Crippen LogP contribution in [0.4, 0.5) is 10.2 Å². The van der Waals surface area contributed by atoms with Gasteiger partial charge in [-0.05, 0) is 41.1 Å². The van der Waals surface area contributed by atoms with Gasteiger partial charge in [0.1, 0.15) is 24.0 Å². The zero-order chi connectivity index (χ0) is 13.7. The van der Waals surface area contributed by atoms with Gasteiger partial charge in [0.15, 0.2) is 0 Å². The fourth-order valence-corrected chi connectivity index (χ4v) is 1.78. The summed E-state index contributed by atoms with van der Waals surface area (Å²) in [7, 11) is 0. The molecule has 0 saturated heterocycles. The molecule has 0 radical (unpaired) electrons. The van der Waals surface area contributed by atoms with Gasteiger partial charge in [0.05, 0.1) is 4.47 Å². The van der Waals surface area contributed by atoms with Crippen molar-refractivity contribution in [2.75, 3.05) is 11.9 Å². The summed E-state index contributed by atoms with van der Waals surface area (Å²) in [5.41, 5.74) is 0.935. The Bertz CT molecular complexity index is 546. The molecule has 0 aliphatic heterocycles. The Hall–Kier alpha value is -1.62. The fraction of sp³-hybridized carbons (Fsp3) is 0.214. The first kappa shape index (κ1) is 13.8. The molecule has 0 spiro atoms. The number of benzene rings is 1. The van der Waals surface area contributed by atoms with E-state index in [-0.39, 0.29) is 5.82 Å². The van der Waals surface area contributed by atoms with Crippen molar-refractivity contribution in [3.63, 3.8) is 0 Å². The average Bonchev–Trinajstić information content (AvgIpc) is 2.42. The summed E-state index contributed by atoms with van der Waals surface area (Å²) in [5, 5.41) is 3.12. The molecule has 1 aromatic heterocycles. The third-order valence-corrected chi connectivity index (χ3v) is 3.12. The van der Waals surface area contributed by atoms with Gasteiger partial charge in [0.25, 0.3) is 0 Å². The number of hydrogen-bond donors (Lipinski definition) is 1. The minimum atomic E-state index is -0.335. The average molecular weight is 325 g/mol. The predicted molar refractivity (Wildman–Crippen MR) is 76.8 cm³/mol. The molecule has 2 aromatic rings. The predicted octanol–water partition coefficient (Wildman–Crippen LogP) is 3.99. The van der Waals surface area contributed by atoms with Crippen LogP contribution in [0.5, 0.6) is 5.75 Å². The Morgan fingerprint density at radius 2 is 2.16 bits per heavy atom. The van der Waals surface area contributed by atoms with Gasteiger partial charge >= 0.3 is 0 Å². The van der Waals surface area contributed by atoms with Crippen LogP contribution in [-0.4, -0.2) is 11.5 Å². The van der Waals surface area contributed by atoms with Crippen LogP contribution in [0.25, 0.3) is 0 Å². The molecule has 1 N–H and O–H groups in total.